The van der Waals surface area contributed by atoms with Crippen LogP contribution in [0.2, 0.25) is 0 Å². The number of halogens is 1. The summed E-state index contributed by atoms with van der Waals surface area (Å²) in [5.74, 6) is 0.0265. The van der Waals surface area contributed by atoms with Crippen LogP contribution in [0.5, 0.6) is 0 Å². The van der Waals surface area contributed by atoms with Crippen molar-refractivity contribution in [2.45, 2.75) is 51.2 Å². The fraction of sp³-hybridized carbons (Fsp3) is 0.440. The highest BCUT2D eigenvalue weighted by atomic mass is 19.1. The molecule has 0 spiro atoms. The first kappa shape index (κ1) is 25.5. The van der Waals surface area contributed by atoms with Crippen LogP contribution in [0.25, 0.3) is 5.65 Å². The van der Waals surface area contributed by atoms with Crippen molar-refractivity contribution in [3.05, 3.63) is 65.6 Å². The van der Waals surface area contributed by atoms with Crippen molar-refractivity contribution in [3.8, 4) is 0 Å². The number of rotatable bonds is 9. The van der Waals surface area contributed by atoms with E-state index in [1.54, 1.807) is 36.4 Å². The van der Waals surface area contributed by atoms with Gasteiger partial charge in [-0.15, -0.1) is 10.2 Å². The van der Waals surface area contributed by atoms with E-state index >= 15 is 0 Å². The number of likely N-dealkylation sites (tertiary alicyclic amines) is 1. The second-order valence-corrected chi connectivity index (χ2v) is 9.40. The van der Waals surface area contributed by atoms with Crippen LogP contribution in [-0.2, 0) is 27.5 Å². The smallest absolute Gasteiger partial charge is 0.410 e. The maximum atomic E-state index is 13.5. The summed E-state index contributed by atoms with van der Waals surface area (Å²) in [6, 6.07) is 14.3. The van der Waals surface area contributed by atoms with Crippen LogP contribution >= 0.6 is 0 Å². The quantitative estimate of drug-likeness (QED) is 0.465. The third kappa shape index (κ3) is 6.16. The molecule has 36 heavy (non-hydrogen) atoms. The van der Waals surface area contributed by atoms with Crippen LogP contribution < -0.4 is 11.1 Å². The molecule has 0 radical (unpaired) electrons. The van der Waals surface area contributed by atoms with E-state index in [0.29, 0.717) is 36.7 Å². The number of benzene rings is 1. The number of hydrogen-bond donors (Lipinski definition) is 2. The Balaban J connectivity index is 1.55. The van der Waals surface area contributed by atoms with Crippen molar-refractivity contribution < 1.29 is 23.5 Å². The van der Waals surface area contributed by atoms with Gasteiger partial charge in [0.05, 0.1) is 31.0 Å². The van der Waals surface area contributed by atoms with E-state index in [-0.39, 0.29) is 25.7 Å². The van der Waals surface area contributed by atoms with E-state index in [4.69, 9.17) is 15.2 Å². The largest absolute Gasteiger partial charge is 0.443 e. The molecular weight excluding hydrogens is 467 g/mol. The maximum Gasteiger partial charge on any atom is 0.410 e. The molecule has 4 rings (SSSR count). The number of nitrogens with two attached hydrogens (primary N) is 1. The summed E-state index contributed by atoms with van der Waals surface area (Å²) < 4.78 is 26.6. The first-order valence-corrected chi connectivity index (χ1v) is 11.8. The van der Waals surface area contributed by atoms with Gasteiger partial charge in [-0.1, -0.05) is 36.4 Å². The zero-order chi connectivity index (χ0) is 25.7. The van der Waals surface area contributed by atoms with Gasteiger partial charge in [0.2, 0.25) is 5.91 Å². The number of hydrogen-bond acceptors (Lipinski definition) is 7. The molecule has 3 aromatic rings. The van der Waals surface area contributed by atoms with Gasteiger partial charge in [-0.25, -0.2) is 9.18 Å². The van der Waals surface area contributed by atoms with Gasteiger partial charge < -0.3 is 25.4 Å². The number of amides is 2. The first-order valence-electron chi connectivity index (χ1n) is 11.8. The number of ether oxygens (including phenoxy) is 2. The minimum Gasteiger partial charge on any atom is -0.443 e. The van der Waals surface area contributed by atoms with Crippen molar-refractivity contribution in [2.75, 3.05) is 19.7 Å². The number of fused-ring (bicyclic) bond motifs is 1. The molecule has 0 saturated carbocycles. The van der Waals surface area contributed by atoms with Gasteiger partial charge in [-0.3, -0.25) is 9.20 Å². The van der Waals surface area contributed by atoms with Crippen LogP contribution in [0.15, 0.2) is 48.5 Å². The van der Waals surface area contributed by atoms with Crippen molar-refractivity contribution in [2.24, 2.45) is 5.73 Å². The lowest BCUT2D eigenvalue weighted by atomic mass is 10.1. The van der Waals surface area contributed by atoms with Gasteiger partial charge in [0.25, 0.3) is 0 Å². The van der Waals surface area contributed by atoms with Crippen LogP contribution in [0, 0.1) is 0 Å². The summed E-state index contributed by atoms with van der Waals surface area (Å²) in [4.78, 5) is 26.5. The molecule has 1 aliphatic heterocycles. The molecule has 1 unspecified atom stereocenters. The lowest BCUT2D eigenvalue weighted by Gasteiger charge is -2.24. The van der Waals surface area contributed by atoms with Gasteiger partial charge in [0.1, 0.15) is 18.8 Å². The topological polar surface area (TPSA) is 124 Å². The Labute approximate surface area is 208 Å². The molecular formula is C25H31FN6O4. The Hall–Kier alpha value is -3.57. The van der Waals surface area contributed by atoms with Gasteiger partial charge >= 0.3 is 6.09 Å². The van der Waals surface area contributed by atoms with E-state index in [1.807, 2.05) is 30.3 Å². The third-order valence-corrected chi connectivity index (χ3v) is 5.86. The number of nitrogens with one attached hydrogen (secondary N) is 1. The molecule has 3 N–H and O–H groups in total. The van der Waals surface area contributed by atoms with Gasteiger partial charge in [-0.2, -0.15) is 0 Å². The SMILES string of the molecule is CC(C)(N)C(=O)N[C@H](COCc1ccccc1)c1nnc2cccc(COC(=O)N3CCC(F)C3)n12. The molecule has 1 saturated heterocycles. The number of alkyl halides is 1. The molecule has 1 aliphatic rings. The Morgan fingerprint density at radius 3 is 2.64 bits per heavy atom. The van der Waals surface area contributed by atoms with E-state index in [1.165, 1.54) is 4.90 Å². The summed E-state index contributed by atoms with van der Waals surface area (Å²) in [5, 5.41) is 11.4. The Morgan fingerprint density at radius 2 is 1.94 bits per heavy atom. The molecule has 2 atom stereocenters. The molecule has 3 heterocycles. The van der Waals surface area contributed by atoms with Crippen molar-refractivity contribution in [1.82, 2.24) is 24.8 Å². The van der Waals surface area contributed by atoms with Gasteiger partial charge in [0, 0.05) is 6.54 Å². The molecule has 0 aliphatic carbocycles. The molecule has 1 fully saturated rings. The molecule has 2 amide bonds. The number of carbonyl (C=O) groups excluding carboxylic acids is 2. The minimum atomic E-state index is -1.12. The third-order valence-electron chi connectivity index (χ3n) is 5.86. The zero-order valence-electron chi connectivity index (χ0n) is 20.4. The molecule has 192 valence electrons. The van der Waals surface area contributed by atoms with Crippen LogP contribution in [0.3, 0.4) is 0 Å². The number of aromatic nitrogens is 3. The Kier molecular flexibility index (Phi) is 7.80. The molecule has 2 aromatic heterocycles. The van der Waals surface area contributed by atoms with E-state index < -0.39 is 23.8 Å². The normalized spacial score (nSPS) is 16.8. The van der Waals surface area contributed by atoms with E-state index in [9.17, 15) is 14.0 Å². The van der Waals surface area contributed by atoms with Crippen molar-refractivity contribution in [1.29, 1.82) is 0 Å². The number of nitrogens with zero attached hydrogens (tertiary/aromatic N) is 4. The second kappa shape index (κ2) is 11.0. The fourth-order valence-corrected chi connectivity index (χ4v) is 3.87. The highest BCUT2D eigenvalue weighted by molar-refractivity contribution is 5.85. The minimum absolute atomic E-state index is 0.0304. The monoisotopic (exact) mass is 498 g/mol. The Bertz CT molecular complexity index is 1200. The van der Waals surface area contributed by atoms with Crippen molar-refractivity contribution >= 4 is 17.6 Å². The van der Waals surface area contributed by atoms with Crippen LogP contribution in [0.4, 0.5) is 9.18 Å². The summed E-state index contributed by atoms with van der Waals surface area (Å²) >= 11 is 0. The standard InChI is InChI=1S/C25H31FN6O4/c1-25(2,27)23(33)28-20(16-35-14-17-7-4-3-5-8-17)22-30-29-21-10-6-9-19(32(21)22)15-36-24(34)31-12-11-18(26)13-31/h3-10,18,20H,11-16,27H2,1-2H3,(H,28,33)/t18?,20-/m1/s1. The number of pyridine rings is 1. The van der Waals surface area contributed by atoms with E-state index in [2.05, 4.69) is 15.5 Å². The van der Waals surface area contributed by atoms with Crippen LogP contribution in [-0.4, -0.2) is 62.9 Å². The average Bonchev–Trinajstić information content (AvgIpc) is 3.48. The zero-order valence-corrected chi connectivity index (χ0v) is 20.4. The summed E-state index contributed by atoms with van der Waals surface area (Å²) in [6.07, 6.45) is -1.30. The lowest BCUT2D eigenvalue weighted by Crippen LogP contribution is -2.51. The maximum absolute atomic E-state index is 13.5. The number of carbonyl (C=O) groups is 2. The Morgan fingerprint density at radius 1 is 1.17 bits per heavy atom. The predicted molar refractivity (Wildman–Crippen MR) is 130 cm³/mol. The highest BCUT2D eigenvalue weighted by Crippen LogP contribution is 2.19. The van der Waals surface area contributed by atoms with Gasteiger partial charge in [0.15, 0.2) is 11.5 Å². The molecule has 0 bridgehead atoms. The summed E-state index contributed by atoms with van der Waals surface area (Å²) in [7, 11) is 0. The average molecular weight is 499 g/mol. The summed E-state index contributed by atoms with van der Waals surface area (Å²) in [5.41, 5.74) is 6.97. The van der Waals surface area contributed by atoms with Gasteiger partial charge in [-0.05, 0) is 38.0 Å². The van der Waals surface area contributed by atoms with Crippen LogP contribution in [0.1, 0.15) is 43.4 Å². The fourth-order valence-electron chi connectivity index (χ4n) is 3.87. The van der Waals surface area contributed by atoms with Crippen molar-refractivity contribution in [3.63, 3.8) is 0 Å². The highest BCUT2D eigenvalue weighted by Gasteiger charge is 2.29. The molecule has 11 heteroatoms. The molecule has 10 nitrogen and oxygen atoms in total. The van der Waals surface area contributed by atoms with E-state index in [0.717, 1.165) is 5.56 Å². The predicted octanol–water partition coefficient (Wildman–Crippen LogP) is 2.52. The lowest BCUT2D eigenvalue weighted by molar-refractivity contribution is -0.126. The first-order chi connectivity index (χ1) is 17.2. The second-order valence-electron chi connectivity index (χ2n) is 9.40. The summed E-state index contributed by atoms with van der Waals surface area (Å²) in [6.45, 7) is 3.94. The molecule has 1 aromatic carbocycles.